The molecule has 0 aromatic heterocycles. The van der Waals surface area contributed by atoms with E-state index in [-0.39, 0.29) is 17.9 Å². The third-order valence-corrected chi connectivity index (χ3v) is 3.27. The van der Waals surface area contributed by atoms with Gasteiger partial charge in [0.25, 0.3) is 0 Å². The zero-order valence-electron chi connectivity index (χ0n) is 13.2. The highest BCUT2D eigenvalue weighted by Crippen LogP contribution is 2.19. The molecule has 1 heterocycles. The van der Waals surface area contributed by atoms with Gasteiger partial charge in [-0.15, -0.1) is 0 Å². The summed E-state index contributed by atoms with van der Waals surface area (Å²) in [4.78, 5) is 25.7. The van der Waals surface area contributed by atoms with Crippen LogP contribution < -0.4 is 5.32 Å². The molecule has 1 fully saturated rings. The molecule has 1 N–H and O–H groups in total. The Kier molecular flexibility index (Phi) is 6.30. The molecule has 0 bridgehead atoms. The van der Waals surface area contributed by atoms with Crippen LogP contribution in [0.25, 0.3) is 0 Å². The molecule has 0 spiro atoms. The Morgan fingerprint density at radius 3 is 2.65 bits per heavy atom. The minimum atomic E-state index is -0.493. The monoisotopic (exact) mass is 284 g/mol. The summed E-state index contributed by atoms with van der Waals surface area (Å²) in [5.74, 6) is -0.0418. The van der Waals surface area contributed by atoms with Crippen LogP contribution in [-0.2, 0) is 9.53 Å². The Morgan fingerprint density at radius 2 is 2.05 bits per heavy atom. The second-order valence-electron chi connectivity index (χ2n) is 6.41. The van der Waals surface area contributed by atoms with Crippen molar-refractivity contribution in [3.8, 4) is 0 Å². The lowest BCUT2D eigenvalue weighted by Crippen LogP contribution is -2.47. The first-order chi connectivity index (χ1) is 9.33. The summed E-state index contributed by atoms with van der Waals surface area (Å²) in [6.45, 7) is 9.51. The van der Waals surface area contributed by atoms with Gasteiger partial charge in [0.1, 0.15) is 5.60 Å². The molecule has 1 aliphatic rings. The Labute approximate surface area is 122 Å². The van der Waals surface area contributed by atoms with Gasteiger partial charge in [0.15, 0.2) is 0 Å². The Morgan fingerprint density at radius 1 is 1.35 bits per heavy atom. The molecule has 1 atom stereocenters. The van der Waals surface area contributed by atoms with Crippen LogP contribution in [0.5, 0.6) is 0 Å². The van der Waals surface area contributed by atoms with Gasteiger partial charge in [-0.2, -0.15) is 0 Å². The van der Waals surface area contributed by atoms with E-state index in [0.29, 0.717) is 13.1 Å². The number of nitrogens with one attached hydrogen (secondary N) is 1. The van der Waals surface area contributed by atoms with E-state index in [1.54, 1.807) is 4.90 Å². The van der Waals surface area contributed by atoms with Crippen molar-refractivity contribution in [2.24, 2.45) is 5.92 Å². The molecule has 0 aromatic carbocycles. The molecule has 0 saturated carbocycles. The number of amides is 2. The van der Waals surface area contributed by atoms with Gasteiger partial charge in [0.05, 0.1) is 5.92 Å². The zero-order valence-corrected chi connectivity index (χ0v) is 13.2. The molecule has 5 heteroatoms. The van der Waals surface area contributed by atoms with E-state index < -0.39 is 5.60 Å². The van der Waals surface area contributed by atoms with E-state index in [4.69, 9.17) is 4.74 Å². The Bertz CT molecular complexity index is 337. The van der Waals surface area contributed by atoms with E-state index in [0.717, 1.165) is 32.2 Å². The van der Waals surface area contributed by atoms with Crippen LogP contribution in [-0.4, -0.2) is 42.1 Å². The zero-order chi connectivity index (χ0) is 15.2. The number of ether oxygens (including phenoxy) is 1. The lowest BCUT2D eigenvalue weighted by atomic mass is 9.97. The highest BCUT2D eigenvalue weighted by Gasteiger charge is 2.30. The van der Waals surface area contributed by atoms with Gasteiger partial charge in [-0.3, -0.25) is 4.79 Å². The van der Waals surface area contributed by atoms with Crippen molar-refractivity contribution in [1.29, 1.82) is 0 Å². The minimum absolute atomic E-state index is 0.0618. The van der Waals surface area contributed by atoms with Crippen molar-refractivity contribution in [2.45, 2.75) is 59.0 Å². The second-order valence-corrected chi connectivity index (χ2v) is 6.41. The van der Waals surface area contributed by atoms with Crippen LogP contribution in [0.3, 0.4) is 0 Å². The van der Waals surface area contributed by atoms with Crippen molar-refractivity contribution >= 4 is 12.0 Å². The first-order valence-corrected chi connectivity index (χ1v) is 7.59. The highest BCUT2D eigenvalue weighted by atomic mass is 16.6. The predicted molar refractivity (Wildman–Crippen MR) is 78.4 cm³/mol. The molecule has 0 aliphatic carbocycles. The van der Waals surface area contributed by atoms with Crippen molar-refractivity contribution in [3.05, 3.63) is 0 Å². The molecule has 0 radical (unpaired) electrons. The normalized spacial score (nSPS) is 19.6. The molecule has 0 aromatic rings. The maximum atomic E-state index is 12.0. The highest BCUT2D eigenvalue weighted by molar-refractivity contribution is 5.80. The molecular weight excluding hydrogens is 256 g/mol. The Balaban J connectivity index is 2.45. The van der Waals surface area contributed by atoms with E-state index in [2.05, 4.69) is 12.2 Å². The maximum absolute atomic E-state index is 12.0. The smallest absolute Gasteiger partial charge is 0.410 e. The molecule has 1 saturated heterocycles. The lowest BCUT2D eigenvalue weighted by molar-refractivity contribution is -0.126. The molecule has 1 unspecified atom stereocenters. The van der Waals surface area contributed by atoms with Gasteiger partial charge >= 0.3 is 6.09 Å². The van der Waals surface area contributed by atoms with Crippen LogP contribution in [0, 0.1) is 5.92 Å². The van der Waals surface area contributed by atoms with Crippen molar-refractivity contribution < 1.29 is 14.3 Å². The van der Waals surface area contributed by atoms with E-state index in [1.165, 1.54) is 0 Å². The standard InChI is InChI=1S/C15H28N2O3/c1-5-6-9-16-13(18)12-8-7-10-17(11-12)14(19)20-15(2,3)4/h12H,5-11H2,1-4H3,(H,16,18). The number of nitrogens with zero attached hydrogens (tertiary/aromatic N) is 1. The summed E-state index contributed by atoms with van der Waals surface area (Å²) < 4.78 is 5.36. The number of carbonyl (C=O) groups excluding carboxylic acids is 2. The summed E-state index contributed by atoms with van der Waals surface area (Å²) in [7, 11) is 0. The number of carbonyl (C=O) groups is 2. The summed E-state index contributed by atoms with van der Waals surface area (Å²) in [5, 5.41) is 2.94. The van der Waals surface area contributed by atoms with Crippen LogP contribution >= 0.6 is 0 Å². The largest absolute Gasteiger partial charge is 0.444 e. The number of likely N-dealkylation sites (tertiary alicyclic amines) is 1. The molecule has 1 aliphatic heterocycles. The second kappa shape index (κ2) is 7.50. The molecular formula is C15H28N2O3. The first kappa shape index (κ1) is 16.8. The van der Waals surface area contributed by atoms with Gasteiger partial charge in [-0.05, 0) is 40.0 Å². The van der Waals surface area contributed by atoms with Gasteiger partial charge in [0.2, 0.25) is 5.91 Å². The fourth-order valence-corrected chi connectivity index (χ4v) is 2.22. The van der Waals surface area contributed by atoms with Gasteiger partial charge in [-0.1, -0.05) is 13.3 Å². The average molecular weight is 284 g/mol. The minimum Gasteiger partial charge on any atom is -0.444 e. The van der Waals surface area contributed by atoms with Gasteiger partial charge in [0, 0.05) is 19.6 Å². The summed E-state index contributed by atoms with van der Waals surface area (Å²) in [5.41, 5.74) is -0.493. The number of unbranched alkanes of at least 4 members (excludes halogenated alkanes) is 1. The predicted octanol–water partition coefficient (Wildman–Crippen LogP) is 2.55. The maximum Gasteiger partial charge on any atom is 0.410 e. The van der Waals surface area contributed by atoms with Gasteiger partial charge in [-0.25, -0.2) is 4.79 Å². The molecule has 1 rings (SSSR count). The van der Waals surface area contributed by atoms with E-state index in [1.807, 2.05) is 20.8 Å². The number of piperidine rings is 1. The third-order valence-electron chi connectivity index (χ3n) is 3.27. The number of rotatable bonds is 4. The van der Waals surface area contributed by atoms with Crippen LogP contribution in [0.2, 0.25) is 0 Å². The fourth-order valence-electron chi connectivity index (χ4n) is 2.22. The fraction of sp³-hybridized carbons (Fsp3) is 0.867. The average Bonchev–Trinajstić information content (AvgIpc) is 2.37. The Hall–Kier alpha value is -1.26. The molecule has 5 nitrogen and oxygen atoms in total. The van der Waals surface area contributed by atoms with Crippen molar-refractivity contribution in [2.75, 3.05) is 19.6 Å². The topological polar surface area (TPSA) is 58.6 Å². The molecule has 2 amide bonds. The summed E-state index contributed by atoms with van der Waals surface area (Å²) in [6, 6.07) is 0. The van der Waals surface area contributed by atoms with Crippen molar-refractivity contribution in [1.82, 2.24) is 10.2 Å². The molecule has 116 valence electrons. The first-order valence-electron chi connectivity index (χ1n) is 7.59. The number of hydrogen-bond acceptors (Lipinski definition) is 3. The van der Waals surface area contributed by atoms with Crippen LogP contribution in [0.1, 0.15) is 53.4 Å². The van der Waals surface area contributed by atoms with E-state index >= 15 is 0 Å². The van der Waals surface area contributed by atoms with Crippen LogP contribution in [0.15, 0.2) is 0 Å². The van der Waals surface area contributed by atoms with Crippen LogP contribution in [0.4, 0.5) is 4.79 Å². The molecule has 20 heavy (non-hydrogen) atoms. The van der Waals surface area contributed by atoms with E-state index in [9.17, 15) is 9.59 Å². The lowest BCUT2D eigenvalue weighted by Gasteiger charge is -2.33. The quantitative estimate of drug-likeness (QED) is 0.807. The number of hydrogen-bond donors (Lipinski definition) is 1. The summed E-state index contributed by atoms with van der Waals surface area (Å²) >= 11 is 0. The van der Waals surface area contributed by atoms with Crippen molar-refractivity contribution in [3.63, 3.8) is 0 Å². The van der Waals surface area contributed by atoms with Gasteiger partial charge < -0.3 is 15.0 Å². The summed E-state index contributed by atoms with van der Waals surface area (Å²) in [6.07, 6.45) is 3.44. The SMILES string of the molecule is CCCCNC(=O)C1CCCN(C(=O)OC(C)(C)C)C1. The third kappa shape index (κ3) is 5.80.